The van der Waals surface area contributed by atoms with Gasteiger partial charge >= 0.3 is 6.03 Å². The molecule has 5 nitrogen and oxygen atoms in total. The molecule has 0 spiro atoms. The van der Waals surface area contributed by atoms with E-state index in [4.69, 9.17) is 0 Å². The van der Waals surface area contributed by atoms with Crippen molar-refractivity contribution in [2.24, 2.45) is 5.92 Å². The van der Waals surface area contributed by atoms with E-state index in [-0.39, 0.29) is 24.5 Å². The van der Waals surface area contributed by atoms with Crippen LogP contribution in [0.25, 0.3) is 0 Å². The van der Waals surface area contributed by atoms with Gasteiger partial charge < -0.3 is 15.7 Å². The van der Waals surface area contributed by atoms with Gasteiger partial charge in [0.15, 0.2) is 0 Å². The Bertz CT molecular complexity index is 557. The van der Waals surface area contributed by atoms with Gasteiger partial charge in [-0.15, -0.1) is 0 Å². The summed E-state index contributed by atoms with van der Waals surface area (Å²) in [5.41, 5.74) is 1.93. The van der Waals surface area contributed by atoms with Crippen LogP contribution < -0.4 is 10.6 Å². The first-order chi connectivity index (χ1) is 11.3. The third-order valence-electron chi connectivity index (χ3n) is 5.19. The quantitative estimate of drug-likeness (QED) is 0.747. The van der Waals surface area contributed by atoms with E-state index in [2.05, 4.69) is 46.7 Å². The van der Waals surface area contributed by atoms with Crippen molar-refractivity contribution >= 4 is 6.03 Å². The van der Waals surface area contributed by atoms with Crippen molar-refractivity contribution in [1.82, 2.24) is 15.5 Å². The first-order valence-corrected chi connectivity index (χ1v) is 8.84. The molecule has 0 fully saturated rings. The molecule has 1 aliphatic rings. The molecule has 2 amide bonds. The first kappa shape index (κ1) is 18.7. The van der Waals surface area contributed by atoms with E-state index in [1.807, 2.05) is 13.8 Å². The van der Waals surface area contributed by atoms with Gasteiger partial charge in [0, 0.05) is 32.2 Å². The molecule has 0 aliphatic carbocycles. The second-order valence-electron chi connectivity index (χ2n) is 7.41. The largest absolute Gasteiger partial charge is 0.388 e. The number of urea groups is 1. The lowest BCUT2D eigenvalue weighted by Crippen LogP contribution is -2.50. The van der Waals surface area contributed by atoms with Crippen LogP contribution in [-0.4, -0.2) is 47.3 Å². The van der Waals surface area contributed by atoms with Crippen molar-refractivity contribution < 1.29 is 9.90 Å². The zero-order chi connectivity index (χ0) is 17.7. The molecule has 1 aromatic rings. The Balaban J connectivity index is 1.75. The van der Waals surface area contributed by atoms with E-state index in [0.717, 1.165) is 19.5 Å². The van der Waals surface area contributed by atoms with E-state index in [1.54, 1.807) is 6.92 Å². The number of hydrogen-bond donors (Lipinski definition) is 3. The van der Waals surface area contributed by atoms with E-state index in [1.165, 1.54) is 11.1 Å². The van der Waals surface area contributed by atoms with Gasteiger partial charge in [-0.1, -0.05) is 38.1 Å². The fraction of sp³-hybridized carbons (Fsp3) is 0.632. The molecule has 0 aromatic heterocycles. The molecule has 2 atom stereocenters. The summed E-state index contributed by atoms with van der Waals surface area (Å²) in [6.45, 7) is 10.6. The fourth-order valence-electron chi connectivity index (χ4n) is 2.79. The summed E-state index contributed by atoms with van der Waals surface area (Å²) in [7, 11) is 0. The van der Waals surface area contributed by atoms with Crippen molar-refractivity contribution in [2.45, 2.75) is 52.3 Å². The lowest BCUT2D eigenvalue weighted by atomic mass is 9.93. The molecule has 0 radical (unpaired) electrons. The van der Waals surface area contributed by atoms with Crippen LogP contribution in [-0.2, 0) is 13.0 Å². The molecular weight excluding hydrogens is 302 g/mol. The summed E-state index contributed by atoms with van der Waals surface area (Å²) in [5.74, 6) is 0.0881. The van der Waals surface area contributed by atoms with Gasteiger partial charge in [0.2, 0.25) is 0 Å². The number of rotatable bonds is 6. The van der Waals surface area contributed by atoms with E-state index in [9.17, 15) is 9.90 Å². The Morgan fingerprint density at radius 1 is 1.25 bits per heavy atom. The van der Waals surface area contributed by atoms with Gasteiger partial charge in [-0.05, 0) is 37.3 Å². The SMILES string of the molecule is CC(CNC(=O)NCC(C)(O)C(C)C)N1CCc2ccccc2C1. The van der Waals surface area contributed by atoms with Crippen LogP contribution in [0.15, 0.2) is 24.3 Å². The van der Waals surface area contributed by atoms with Crippen molar-refractivity contribution in [2.75, 3.05) is 19.6 Å². The van der Waals surface area contributed by atoms with Crippen molar-refractivity contribution in [3.05, 3.63) is 35.4 Å². The fourth-order valence-corrected chi connectivity index (χ4v) is 2.79. The van der Waals surface area contributed by atoms with Gasteiger partial charge in [0.05, 0.1) is 5.60 Å². The number of carbonyl (C=O) groups excluding carboxylic acids is 1. The molecule has 134 valence electrons. The Hall–Kier alpha value is -1.59. The van der Waals surface area contributed by atoms with Crippen LogP contribution in [0, 0.1) is 5.92 Å². The number of amides is 2. The summed E-state index contributed by atoms with van der Waals surface area (Å²) >= 11 is 0. The number of carbonyl (C=O) groups is 1. The van der Waals surface area contributed by atoms with E-state index < -0.39 is 5.60 Å². The maximum absolute atomic E-state index is 11.9. The number of nitrogens with zero attached hydrogens (tertiary/aromatic N) is 1. The maximum atomic E-state index is 11.9. The Morgan fingerprint density at radius 2 is 1.92 bits per heavy atom. The van der Waals surface area contributed by atoms with Crippen molar-refractivity contribution in [3.8, 4) is 0 Å². The minimum atomic E-state index is -0.889. The second kappa shape index (κ2) is 7.99. The highest BCUT2D eigenvalue weighted by molar-refractivity contribution is 5.73. The molecule has 2 unspecified atom stereocenters. The zero-order valence-electron chi connectivity index (χ0n) is 15.3. The normalized spacial score (nSPS) is 18.6. The van der Waals surface area contributed by atoms with Gasteiger partial charge in [0.25, 0.3) is 0 Å². The lowest BCUT2D eigenvalue weighted by Gasteiger charge is -2.34. The maximum Gasteiger partial charge on any atom is 0.314 e. The molecule has 1 aliphatic heterocycles. The van der Waals surface area contributed by atoms with Crippen LogP contribution in [0.3, 0.4) is 0 Å². The number of fused-ring (bicyclic) bond motifs is 1. The summed E-state index contributed by atoms with van der Waals surface area (Å²) in [6, 6.07) is 8.61. The number of aliphatic hydroxyl groups is 1. The Labute approximate surface area is 145 Å². The molecule has 1 aromatic carbocycles. The summed E-state index contributed by atoms with van der Waals surface area (Å²) in [6.07, 6.45) is 1.06. The third-order valence-corrected chi connectivity index (χ3v) is 5.19. The molecule has 3 N–H and O–H groups in total. The monoisotopic (exact) mass is 333 g/mol. The van der Waals surface area contributed by atoms with E-state index >= 15 is 0 Å². The van der Waals surface area contributed by atoms with Crippen molar-refractivity contribution in [1.29, 1.82) is 0 Å². The summed E-state index contributed by atoms with van der Waals surface area (Å²) in [5, 5.41) is 15.8. The lowest BCUT2D eigenvalue weighted by molar-refractivity contribution is 0.0165. The van der Waals surface area contributed by atoms with E-state index in [0.29, 0.717) is 6.54 Å². The summed E-state index contributed by atoms with van der Waals surface area (Å²) < 4.78 is 0. The van der Waals surface area contributed by atoms with Crippen LogP contribution >= 0.6 is 0 Å². The van der Waals surface area contributed by atoms with Crippen LogP contribution in [0.5, 0.6) is 0 Å². The second-order valence-corrected chi connectivity index (χ2v) is 7.41. The molecular formula is C19H31N3O2. The predicted octanol–water partition coefficient (Wildman–Crippen LogP) is 2.14. The Kier molecular flexibility index (Phi) is 6.24. The number of hydrogen-bond acceptors (Lipinski definition) is 3. The standard InChI is InChI=1S/C19H31N3O2/c1-14(2)19(4,24)13-21-18(23)20-11-15(3)22-10-9-16-7-5-6-8-17(16)12-22/h5-8,14-15,24H,9-13H2,1-4H3,(H2,20,21,23). The minimum Gasteiger partial charge on any atom is -0.388 e. The third kappa shape index (κ3) is 4.95. The number of nitrogens with one attached hydrogen (secondary N) is 2. The highest BCUT2D eigenvalue weighted by Gasteiger charge is 2.25. The Morgan fingerprint density at radius 3 is 2.58 bits per heavy atom. The topological polar surface area (TPSA) is 64.6 Å². The molecule has 5 heteroatoms. The highest BCUT2D eigenvalue weighted by atomic mass is 16.3. The zero-order valence-corrected chi connectivity index (χ0v) is 15.3. The highest BCUT2D eigenvalue weighted by Crippen LogP contribution is 2.20. The van der Waals surface area contributed by atoms with Crippen LogP contribution in [0.1, 0.15) is 38.8 Å². The number of benzene rings is 1. The first-order valence-electron chi connectivity index (χ1n) is 8.84. The molecule has 0 saturated carbocycles. The van der Waals surface area contributed by atoms with Crippen LogP contribution in [0.2, 0.25) is 0 Å². The van der Waals surface area contributed by atoms with Gasteiger partial charge in [0.1, 0.15) is 0 Å². The molecule has 0 saturated heterocycles. The molecule has 1 heterocycles. The molecule has 0 bridgehead atoms. The smallest absolute Gasteiger partial charge is 0.314 e. The minimum absolute atomic E-state index is 0.0881. The van der Waals surface area contributed by atoms with Crippen LogP contribution in [0.4, 0.5) is 4.79 Å². The molecule has 24 heavy (non-hydrogen) atoms. The predicted molar refractivity (Wildman–Crippen MR) is 96.9 cm³/mol. The summed E-state index contributed by atoms with van der Waals surface area (Å²) in [4.78, 5) is 14.3. The van der Waals surface area contributed by atoms with Gasteiger partial charge in [-0.25, -0.2) is 4.79 Å². The average Bonchev–Trinajstić information content (AvgIpc) is 2.57. The van der Waals surface area contributed by atoms with Crippen molar-refractivity contribution in [3.63, 3.8) is 0 Å². The molecule has 2 rings (SSSR count). The van der Waals surface area contributed by atoms with Gasteiger partial charge in [-0.3, -0.25) is 4.90 Å². The van der Waals surface area contributed by atoms with Gasteiger partial charge in [-0.2, -0.15) is 0 Å². The average molecular weight is 333 g/mol.